The van der Waals surface area contributed by atoms with Gasteiger partial charge in [0.2, 0.25) is 0 Å². The van der Waals surface area contributed by atoms with Crippen LogP contribution >= 0.6 is 11.3 Å². The van der Waals surface area contributed by atoms with Crippen molar-refractivity contribution < 1.29 is 0 Å². The van der Waals surface area contributed by atoms with E-state index in [9.17, 15) is 0 Å². The number of aliphatic imine (C=N–C) groups is 2. The third-order valence-corrected chi connectivity index (χ3v) is 4.57. The van der Waals surface area contributed by atoms with Crippen molar-refractivity contribution in [3.05, 3.63) is 23.2 Å². The minimum absolute atomic E-state index is 0.125. The number of aromatic nitrogens is 4. The highest BCUT2D eigenvalue weighted by molar-refractivity contribution is 7.16. The van der Waals surface area contributed by atoms with E-state index in [0.717, 1.165) is 24.7 Å². The predicted molar refractivity (Wildman–Crippen MR) is 85.2 cm³/mol. The molecule has 116 valence electrons. The summed E-state index contributed by atoms with van der Waals surface area (Å²) in [5, 5.41) is 20.9. The summed E-state index contributed by atoms with van der Waals surface area (Å²) in [6.45, 7) is 2.43. The number of nitrogens with zero attached hydrogens (tertiary/aromatic N) is 8. The summed E-state index contributed by atoms with van der Waals surface area (Å²) in [6.07, 6.45) is 5.45. The average molecular weight is 327 g/mol. The van der Waals surface area contributed by atoms with Gasteiger partial charge in [-0.15, -0.1) is 10.2 Å². The van der Waals surface area contributed by atoms with Crippen molar-refractivity contribution in [1.82, 2.24) is 24.6 Å². The maximum atomic E-state index is 8.86. The maximum absolute atomic E-state index is 8.86. The molecule has 23 heavy (non-hydrogen) atoms. The molecule has 4 rings (SSSR count). The number of nitrogens with one attached hydrogen (secondary N) is 1. The fourth-order valence-electron chi connectivity index (χ4n) is 2.58. The van der Waals surface area contributed by atoms with Crippen LogP contribution < -0.4 is 5.32 Å². The Hall–Kier alpha value is -2.80. The second kappa shape index (κ2) is 5.77. The van der Waals surface area contributed by atoms with Crippen molar-refractivity contribution in [2.75, 3.05) is 11.9 Å². The van der Waals surface area contributed by atoms with Gasteiger partial charge in [0.25, 0.3) is 0 Å². The molecule has 1 atom stereocenters. The third kappa shape index (κ3) is 2.78. The van der Waals surface area contributed by atoms with Gasteiger partial charge in [-0.05, 0) is 0 Å². The summed E-state index contributed by atoms with van der Waals surface area (Å²) in [6, 6.07) is 2.08. The lowest BCUT2D eigenvalue weighted by molar-refractivity contribution is 0.322. The first kappa shape index (κ1) is 13.8. The van der Waals surface area contributed by atoms with Crippen LogP contribution in [0, 0.1) is 11.3 Å². The van der Waals surface area contributed by atoms with Gasteiger partial charge in [0.05, 0.1) is 12.7 Å². The van der Waals surface area contributed by atoms with Gasteiger partial charge in [-0.3, -0.25) is 0 Å². The third-order valence-electron chi connectivity index (χ3n) is 3.74. The lowest BCUT2D eigenvalue weighted by Crippen LogP contribution is -2.41. The first-order chi connectivity index (χ1) is 11.3. The molecule has 0 radical (unpaired) electrons. The Labute approximate surface area is 136 Å². The highest BCUT2D eigenvalue weighted by atomic mass is 32.1. The van der Waals surface area contributed by atoms with Crippen LogP contribution in [-0.2, 0) is 13.1 Å². The minimum atomic E-state index is -0.125. The summed E-state index contributed by atoms with van der Waals surface area (Å²) in [5.74, 6) is 1.92. The van der Waals surface area contributed by atoms with E-state index in [0.29, 0.717) is 23.0 Å². The van der Waals surface area contributed by atoms with E-state index < -0.39 is 0 Å². The van der Waals surface area contributed by atoms with Gasteiger partial charge in [-0.2, -0.15) is 5.26 Å². The number of rotatable bonds is 2. The molecule has 0 aromatic carbocycles. The Kier molecular flexibility index (Phi) is 3.47. The molecule has 0 saturated carbocycles. The van der Waals surface area contributed by atoms with Crippen molar-refractivity contribution in [3.63, 3.8) is 0 Å². The van der Waals surface area contributed by atoms with E-state index in [1.165, 1.54) is 11.3 Å². The van der Waals surface area contributed by atoms with E-state index in [1.54, 1.807) is 18.9 Å². The van der Waals surface area contributed by atoms with E-state index in [2.05, 4.69) is 46.0 Å². The van der Waals surface area contributed by atoms with Crippen molar-refractivity contribution in [2.45, 2.75) is 25.7 Å². The van der Waals surface area contributed by atoms with Gasteiger partial charge < -0.3 is 14.8 Å². The van der Waals surface area contributed by atoms with E-state index in [-0.39, 0.29) is 6.17 Å². The van der Waals surface area contributed by atoms with E-state index in [1.807, 2.05) is 0 Å². The maximum Gasteiger partial charge on any atom is 0.185 e. The SMILES string of the molecule is N#Cc1cnc(NC2CC(N3CCn4cnnc4C3)=NC=N2)s1. The van der Waals surface area contributed by atoms with Crippen LogP contribution in [0.1, 0.15) is 17.1 Å². The van der Waals surface area contributed by atoms with Crippen LogP contribution in [-0.4, -0.2) is 49.5 Å². The van der Waals surface area contributed by atoms with Gasteiger partial charge in [0.15, 0.2) is 11.0 Å². The van der Waals surface area contributed by atoms with Crippen molar-refractivity contribution >= 4 is 28.6 Å². The summed E-state index contributed by atoms with van der Waals surface area (Å²) >= 11 is 1.32. The molecule has 1 N–H and O–H groups in total. The molecule has 2 aromatic rings. The number of anilines is 1. The highest BCUT2D eigenvalue weighted by Crippen LogP contribution is 2.21. The summed E-state index contributed by atoms with van der Waals surface area (Å²) in [7, 11) is 0. The Morgan fingerprint density at radius 2 is 2.35 bits per heavy atom. The average Bonchev–Trinajstić information content (AvgIpc) is 3.23. The van der Waals surface area contributed by atoms with Crippen LogP contribution in [0.5, 0.6) is 0 Å². The zero-order valence-electron chi connectivity index (χ0n) is 12.1. The fraction of sp³-hybridized carbons (Fsp3) is 0.385. The van der Waals surface area contributed by atoms with Gasteiger partial charge in [0.1, 0.15) is 35.6 Å². The molecule has 0 spiro atoms. The van der Waals surface area contributed by atoms with Crippen molar-refractivity contribution in [2.24, 2.45) is 9.98 Å². The molecular weight excluding hydrogens is 314 g/mol. The van der Waals surface area contributed by atoms with E-state index in [4.69, 9.17) is 5.26 Å². The molecule has 0 fully saturated rings. The number of nitriles is 1. The summed E-state index contributed by atoms with van der Waals surface area (Å²) in [4.78, 5) is 15.7. The Balaban J connectivity index is 1.43. The molecule has 9 nitrogen and oxygen atoms in total. The molecule has 0 aliphatic carbocycles. The fourth-order valence-corrected chi connectivity index (χ4v) is 3.24. The Bertz CT molecular complexity index is 812. The summed E-state index contributed by atoms with van der Waals surface area (Å²) < 4.78 is 2.06. The second-order valence-electron chi connectivity index (χ2n) is 5.18. The van der Waals surface area contributed by atoms with E-state index >= 15 is 0 Å². The van der Waals surface area contributed by atoms with Crippen LogP contribution in [0.3, 0.4) is 0 Å². The molecule has 0 saturated heterocycles. The number of fused-ring (bicyclic) bond motifs is 1. The Morgan fingerprint density at radius 1 is 1.39 bits per heavy atom. The smallest absolute Gasteiger partial charge is 0.185 e. The van der Waals surface area contributed by atoms with Crippen LogP contribution in [0.25, 0.3) is 0 Å². The van der Waals surface area contributed by atoms with Crippen molar-refractivity contribution in [3.8, 4) is 6.07 Å². The number of hydrogen-bond acceptors (Lipinski definition) is 9. The lowest BCUT2D eigenvalue weighted by Gasteiger charge is -2.31. The number of hydrogen-bond donors (Lipinski definition) is 1. The number of amidine groups is 1. The predicted octanol–water partition coefficient (Wildman–Crippen LogP) is 0.691. The minimum Gasteiger partial charge on any atom is -0.351 e. The molecule has 0 bridgehead atoms. The first-order valence-electron chi connectivity index (χ1n) is 7.14. The molecule has 2 aliphatic heterocycles. The van der Waals surface area contributed by atoms with Gasteiger partial charge in [-0.1, -0.05) is 11.3 Å². The van der Waals surface area contributed by atoms with Gasteiger partial charge >= 0.3 is 0 Å². The number of thiazole rings is 1. The van der Waals surface area contributed by atoms with Gasteiger partial charge in [-0.25, -0.2) is 15.0 Å². The molecule has 0 amide bonds. The van der Waals surface area contributed by atoms with Crippen LogP contribution in [0.2, 0.25) is 0 Å². The normalized spacial score (nSPS) is 19.9. The zero-order valence-corrected chi connectivity index (χ0v) is 12.9. The van der Waals surface area contributed by atoms with Crippen LogP contribution in [0.15, 0.2) is 22.5 Å². The zero-order chi connectivity index (χ0) is 15.6. The lowest BCUT2D eigenvalue weighted by atomic mass is 10.2. The molecular formula is C13H13N9S. The highest BCUT2D eigenvalue weighted by Gasteiger charge is 2.24. The molecule has 10 heteroatoms. The monoisotopic (exact) mass is 327 g/mol. The first-order valence-corrected chi connectivity index (χ1v) is 7.96. The largest absolute Gasteiger partial charge is 0.351 e. The van der Waals surface area contributed by atoms with Crippen LogP contribution in [0.4, 0.5) is 5.13 Å². The summed E-state index contributed by atoms with van der Waals surface area (Å²) in [5.41, 5.74) is 0. The van der Waals surface area contributed by atoms with Gasteiger partial charge in [0, 0.05) is 19.5 Å². The molecule has 1 unspecified atom stereocenters. The molecule has 4 heterocycles. The quantitative estimate of drug-likeness (QED) is 0.869. The second-order valence-corrected chi connectivity index (χ2v) is 6.21. The Morgan fingerprint density at radius 3 is 3.22 bits per heavy atom. The topological polar surface area (TPSA) is 107 Å². The van der Waals surface area contributed by atoms with Crippen molar-refractivity contribution in [1.29, 1.82) is 5.26 Å². The standard InChI is InChI=1S/C13H13N9S/c14-4-9-5-15-13(23-9)19-10-3-11(17-7-16-10)21-1-2-22-8-18-20-12(22)6-21/h5,7-8,10H,1-3,6H2,(H,15,19). The molecule has 2 aliphatic rings. The molecule has 2 aromatic heterocycles.